The molecule has 0 aliphatic carbocycles. The molecule has 0 radical (unpaired) electrons. The van der Waals surface area contributed by atoms with Gasteiger partial charge >= 0.3 is 0 Å². The molecule has 72 valence electrons. The summed E-state index contributed by atoms with van der Waals surface area (Å²) in [6.07, 6.45) is 2.42. The molecule has 1 nitrogen and oxygen atoms in total. The highest BCUT2D eigenvalue weighted by atomic mass is 16.3. The topological polar surface area (TPSA) is 20.2 Å². The molecule has 0 heterocycles. The average Bonchev–Trinajstić information content (AvgIpc) is 2.20. The summed E-state index contributed by atoms with van der Waals surface area (Å²) in [7, 11) is 0. The van der Waals surface area contributed by atoms with Crippen LogP contribution in [0, 0.1) is 11.8 Å². The molecular weight excluding hydrogens is 172 g/mol. The molecule has 1 atom stereocenters. The number of aliphatic hydroxyl groups excluding tert-OH is 1. The Labute approximate surface area is 85.1 Å². The minimum atomic E-state index is -0.385. The predicted molar refractivity (Wildman–Crippen MR) is 58.8 cm³/mol. The van der Waals surface area contributed by atoms with Crippen molar-refractivity contribution in [1.82, 2.24) is 0 Å². The van der Waals surface area contributed by atoms with Crippen molar-refractivity contribution in [1.29, 1.82) is 0 Å². The van der Waals surface area contributed by atoms with E-state index in [1.165, 1.54) is 0 Å². The summed E-state index contributed by atoms with van der Waals surface area (Å²) >= 11 is 0. The van der Waals surface area contributed by atoms with Gasteiger partial charge < -0.3 is 5.11 Å². The van der Waals surface area contributed by atoms with Crippen molar-refractivity contribution >= 4 is 0 Å². The van der Waals surface area contributed by atoms with Crippen LogP contribution < -0.4 is 0 Å². The van der Waals surface area contributed by atoms with Crippen molar-refractivity contribution in [3.05, 3.63) is 48.6 Å². The molecule has 0 bridgehead atoms. The van der Waals surface area contributed by atoms with Crippen molar-refractivity contribution in [3.63, 3.8) is 0 Å². The molecule has 14 heavy (non-hydrogen) atoms. The largest absolute Gasteiger partial charge is 0.392 e. The van der Waals surface area contributed by atoms with E-state index in [9.17, 15) is 5.11 Å². The van der Waals surface area contributed by atoms with Crippen molar-refractivity contribution in [2.24, 2.45) is 0 Å². The quantitative estimate of drug-likeness (QED) is 0.567. The van der Waals surface area contributed by atoms with Gasteiger partial charge in [0.2, 0.25) is 0 Å². The first-order valence-electron chi connectivity index (χ1n) is 4.66. The molecule has 0 spiro atoms. The second kappa shape index (κ2) is 6.01. The summed E-state index contributed by atoms with van der Waals surface area (Å²) in [6, 6.07) is 9.76. The first-order chi connectivity index (χ1) is 6.83. The molecule has 0 aliphatic heterocycles. The Morgan fingerprint density at radius 3 is 2.71 bits per heavy atom. The maximum atomic E-state index is 9.35. The van der Waals surface area contributed by atoms with Gasteiger partial charge in [-0.15, -0.1) is 6.58 Å². The Morgan fingerprint density at radius 2 is 2.07 bits per heavy atom. The number of hydrogen-bond acceptors (Lipinski definition) is 1. The zero-order valence-corrected chi connectivity index (χ0v) is 8.11. The molecule has 1 rings (SSSR count). The maximum absolute atomic E-state index is 9.35. The first-order valence-corrected chi connectivity index (χ1v) is 4.66. The van der Waals surface area contributed by atoms with E-state index >= 15 is 0 Å². The fraction of sp³-hybridized carbons (Fsp3) is 0.231. The monoisotopic (exact) mass is 186 g/mol. The molecule has 0 amide bonds. The molecule has 1 aromatic rings. The lowest BCUT2D eigenvalue weighted by atomic mass is 10.1. The van der Waals surface area contributed by atoms with Gasteiger partial charge in [-0.2, -0.15) is 0 Å². The van der Waals surface area contributed by atoms with Gasteiger partial charge in [0.05, 0.1) is 6.10 Å². The van der Waals surface area contributed by atoms with Crippen LogP contribution >= 0.6 is 0 Å². The molecule has 1 N–H and O–H groups in total. The van der Waals surface area contributed by atoms with Gasteiger partial charge in [-0.1, -0.05) is 36.1 Å². The minimum absolute atomic E-state index is 0.385. The van der Waals surface area contributed by atoms with Gasteiger partial charge in [-0.05, 0) is 18.6 Å². The third-order valence-corrected chi connectivity index (χ3v) is 1.78. The third kappa shape index (κ3) is 3.93. The van der Waals surface area contributed by atoms with Crippen molar-refractivity contribution < 1.29 is 5.11 Å². The van der Waals surface area contributed by atoms with E-state index in [0.717, 1.165) is 5.56 Å². The van der Waals surface area contributed by atoms with E-state index in [-0.39, 0.29) is 6.10 Å². The fourth-order valence-electron chi connectivity index (χ4n) is 1.07. The number of rotatable bonds is 3. The average molecular weight is 186 g/mol. The van der Waals surface area contributed by atoms with Crippen molar-refractivity contribution in [2.45, 2.75) is 18.9 Å². The molecule has 1 heteroatoms. The van der Waals surface area contributed by atoms with Gasteiger partial charge in [0.15, 0.2) is 0 Å². The smallest absolute Gasteiger partial charge is 0.0683 e. The summed E-state index contributed by atoms with van der Waals surface area (Å²) in [5.74, 6) is 5.93. The molecule has 0 fully saturated rings. The third-order valence-electron chi connectivity index (χ3n) is 1.78. The first kappa shape index (κ1) is 10.6. The van der Waals surface area contributed by atoms with E-state index in [2.05, 4.69) is 18.4 Å². The Bertz CT molecular complexity index is 329. The Kier molecular flexibility index (Phi) is 4.54. The highest BCUT2D eigenvalue weighted by Gasteiger charge is 1.96. The van der Waals surface area contributed by atoms with Gasteiger partial charge in [-0.25, -0.2) is 0 Å². The fourth-order valence-corrected chi connectivity index (χ4v) is 1.07. The molecule has 0 aromatic heterocycles. The van der Waals surface area contributed by atoms with Crippen LogP contribution in [0.2, 0.25) is 0 Å². The second-order valence-corrected chi connectivity index (χ2v) is 3.05. The van der Waals surface area contributed by atoms with Gasteiger partial charge in [0.1, 0.15) is 0 Å². The van der Waals surface area contributed by atoms with Crippen LogP contribution in [0.15, 0.2) is 43.0 Å². The Balaban J connectivity index is 2.45. The summed E-state index contributed by atoms with van der Waals surface area (Å²) in [6.45, 7) is 3.56. The number of aliphatic hydroxyl groups is 1. The van der Waals surface area contributed by atoms with Crippen LogP contribution in [0.1, 0.15) is 18.4 Å². The predicted octanol–water partition coefficient (Wildman–Crippen LogP) is 2.37. The summed E-state index contributed by atoms with van der Waals surface area (Å²) in [5, 5.41) is 9.35. The number of hydrogen-bond donors (Lipinski definition) is 1. The van der Waals surface area contributed by atoms with Crippen molar-refractivity contribution in [3.8, 4) is 11.8 Å². The molecule has 0 saturated heterocycles. The van der Waals surface area contributed by atoms with Gasteiger partial charge in [-0.3, -0.25) is 0 Å². The van der Waals surface area contributed by atoms with E-state index in [4.69, 9.17) is 0 Å². The summed E-state index contributed by atoms with van der Waals surface area (Å²) < 4.78 is 0. The SMILES string of the molecule is C=CC[C@H](O)CC#Cc1ccccc1. The van der Waals surface area contributed by atoms with E-state index in [1.54, 1.807) is 6.08 Å². The van der Waals surface area contributed by atoms with Crippen LogP contribution in [-0.4, -0.2) is 11.2 Å². The van der Waals surface area contributed by atoms with E-state index in [1.807, 2.05) is 30.3 Å². The second-order valence-electron chi connectivity index (χ2n) is 3.05. The van der Waals surface area contributed by atoms with E-state index < -0.39 is 0 Å². The molecule has 0 aliphatic rings. The van der Waals surface area contributed by atoms with Crippen LogP contribution in [0.4, 0.5) is 0 Å². The van der Waals surface area contributed by atoms with Crippen LogP contribution in [-0.2, 0) is 0 Å². The molecule has 0 saturated carbocycles. The summed E-state index contributed by atoms with van der Waals surface area (Å²) in [5.41, 5.74) is 0.985. The van der Waals surface area contributed by atoms with Gasteiger partial charge in [0.25, 0.3) is 0 Å². The number of benzene rings is 1. The molecule has 0 unspecified atom stereocenters. The van der Waals surface area contributed by atoms with Crippen LogP contribution in [0.25, 0.3) is 0 Å². The van der Waals surface area contributed by atoms with E-state index in [0.29, 0.717) is 12.8 Å². The van der Waals surface area contributed by atoms with Crippen molar-refractivity contribution in [2.75, 3.05) is 0 Å². The molecular formula is C13H14O. The molecule has 1 aromatic carbocycles. The minimum Gasteiger partial charge on any atom is -0.392 e. The standard InChI is InChI=1S/C13H14O/c1-2-7-13(14)11-6-10-12-8-4-3-5-9-12/h2-5,8-9,13-14H,1,7,11H2/t13-/m0/s1. The zero-order chi connectivity index (χ0) is 10.2. The maximum Gasteiger partial charge on any atom is 0.0683 e. The normalized spacial score (nSPS) is 11.2. The van der Waals surface area contributed by atoms with Crippen LogP contribution in [0.5, 0.6) is 0 Å². The highest BCUT2D eigenvalue weighted by molar-refractivity contribution is 5.33. The Morgan fingerprint density at radius 1 is 1.36 bits per heavy atom. The zero-order valence-electron chi connectivity index (χ0n) is 8.11. The van der Waals surface area contributed by atoms with Crippen LogP contribution in [0.3, 0.4) is 0 Å². The Hall–Kier alpha value is -1.52. The lowest BCUT2D eigenvalue weighted by molar-refractivity contribution is 0.184. The summed E-state index contributed by atoms with van der Waals surface area (Å²) in [4.78, 5) is 0. The highest BCUT2D eigenvalue weighted by Crippen LogP contribution is 1.98. The lowest BCUT2D eigenvalue weighted by Crippen LogP contribution is -2.02. The lowest BCUT2D eigenvalue weighted by Gasteiger charge is -2.00. The van der Waals surface area contributed by atoms with Gasteiger partial charge in [0, 0.05) is 12.0 Å².